The number of amides is 1. The van der Waals surface area contributed by atoms with E-state index >= 15 is 0 Å². The molecule has 0 radical (unpaired) electrons. The number of ether oxygens (including phenoxy) is 1. The van der Waals surface area contributed by atoms with E-state index in [0.29, 0.717) is 36.6 Å². The van der Waals surface area contributed by atoms with Crippen molar-refractivity contribution in [3.63, 3.8) is 0 Å². The molecule has 1 aliphatic heterocycles. The molecule has 0 spiro atoms. The van der Waals surface area contributed by atoms with Gasteiger partial charge in [-0.1, -0.05) is 12.1 Å². The minimum atomic E-state index is -0.462. The first-order valence-electron chi connectivity index (χ1n) is 7.44. The van der Waals surface area contributed by atoms with Crippen molar-refractivity contribution in [1.29, 1.82) is 0 Å². The third kappa shape index (κ3) is 3.15. The molecule has 6 N–H and O–H groups in total. The van der Waals surface area contributed by atoms with Crippen molar-refractivity contribution in [2.24, 2.45) is 16.7 Å². The van der Waals surface area contributed by atoms with Gasteiger partial charge in [0.25, 0.3) is 0 Å². The summed E-state index contributed by atoms with van der Waals surface area (Å²) in [4.78, 5) is 14.5. The van der Waals surface area contributed by atoms with Crippen LogP contribution in [0.3, 0.4) is 0 Å². The summed E-state index contributed by atoms with van der Waals surface area (Å²) in [6.45, 7) is 1.78. The molecule has 2 heterocycles. The number of nitrogens with zero attached hydrogens (tertiary/aromatic N) is 4. The zero-order valence-electron chi connectivity index (χ0n) is 13.0. The van der Waals surface area contributed by atoms with Crippen molar-refractivity contribution in [3.05, 3.63) is 53.0 Å². The highest BCUT2D eigenvalue weighted by Crippen LogP contribution is 2.25. The molecule has 1 aromatic carbocycles. The van der Waals surface area contributed by atoms with E-state index in [2.05, 4.69) is 15.1 Å². The summed E-state index contributed by atoms with van der Waals surface area (Å²) in [7, 11) is 0. The van der Waals surface area contributed by atoms with Gasteiger partial charge in [-0.3, -0.25) is 4.79 Å². The monoisotopic (exact) mass is 329 g/mol. The number of hydrogen-bond donors (Lipinski definition) is 3. The first kappa shape index (κ1) is 15.8. The van der Waals surface area contributed by atoms with Gasteiger partial charge >= 0.3 is 0 Å². The summed E-state index contributed by atoms with van der Waals surface area (Å²) in [5.74, 6) is 11.2. The van der Waals surface area contributed by atoms with E-state index in [0.717, 1.165) is 10.4 Å². The van der Waals surface area contributed by atoms with Crippen LogP contribution in [0.5, 0.6) is 0 Å². The minimum absolute atomic E-state index is 0.190. The number of aromatic nitrogens is 2. The number of nitrogen functional groups attached to an aromatic ring is 1. The van der Waals surface area contributed by atoms with Gasteiger partial charge < -0.3 is 27.1 Å². The Morgan fingerprint density at radius 1 is 1.33 bits per heavy atom. The fourth-order valence-electron chi connectivity index (χ4n) is 2.64. The molecule has 1 atom stereocenters. The predicted molar refractivity (Wildman–Crippen MR) is 88.0 cm³/mol. The number of anilines is 1. The van der Waals surface area contributed by atoms with Crippen molar-refractivity contribution in [1.82, 2.24) is 9.89 Å². The lowest BCUT2D eigenvalue weighted by atomic mass is 10.0. The van der Waals surface area contributed by atoms with Gasteiger partial charge in [0.1, 0.15) is 6.10 Å². The number of carbonyl (C=O) groups excluding carboxylic acids is 1. The van der Waals surface area contributed by atoms with Gasteiger partial charge in [0.2, 0.25) is 5.91 Å². The summed E-state index contributed by atoms with van der Waals surface area (Å²) in [5, 5.41) is 7.79. The Balaban J connectivity index is 1.83. The standard InChI is InChI=1S/C15H19N7O2/c16-15(23)11-3-1-2-10(8-11)12-9-21(6-7-24-12)14-5-4-13(19-17)22(18)20-14/h1-5,8,12H,6-7,9,17-18H2,(H2,16,23)/b19-13-. The average Bonchev–Trinajstić information content (AvgIpc) is 2.62. The molecule has 1 aliphatic rings. The maximum absolute atomic E-state index is 11.3. The molecule has 9 nitrogen and oxygen atoms in total. The molecule has 2 aromatic rings. The molecule has 1 fully saturated rings. The largest absolute Gasteiger partial charge is 0.370 e. The molecule has 0 aliphatic carbocycles. The molecular formula is C15H19N7O2. The van der Waals surface area contributed by atoms with Crippen molar-refractivity contribution in [2.75, 3.05) is 30.4 Å². The summed E-state index contributed by atoms with van der Waals surface area (Å²) in [5.41, 5.74) is 7.06. The Labute approximate surface area is 138 Å². The third-order valence-corrected chi connectivity index (χ3v) is 3.89. The minimum Gasteiger partial charge on any atom is -0.370 e. The fourth-order valence-corrected chi connectivity index (χ4v) is 2.64. The second-order valence-electron chi connectivity index (χ2n) is 5.42. The first-order valence-corrected chi connectivity index (χ1v) is 7.44. The lowest BCUT2D eigenvalue weighted by molar-refractivity contribution is 0.0394. The topological polar surface area (TPSA) is 138 Å². The van der Waals surface area contributed by atoms with Gasteiger partial charge in [-0.2, -0.15) is 9.89 Å². The Kier molecular flexibility index (Phi) is 4.34. The summed E-state index contributed by atoms with van der Waals surface area (Å²) < 4.78 is 5.83. The molecule has 0 bridgehead atoms. The summed E-state index contributed by atoms with van der Waals surface area (Å²) in [6, 6.07) is 10.6. The van der Waals surface area contributed by atoms with Gasteiger partial charge in [0.05, 0.1) is 6.61 Å². The van der Waals surface area contributed by atoms with E-state index in [9.17, 15) is 4.79 Å². The van der Waals surface area contributed by atoms with E-state index in [1.807, 2.05) is 6.07 Å². The molecule has 1 aromatic heterocycles. The second-order valence-corrected chi connectivity index (χ2v) is 5.42. The molecule has 1 unspecified atom stereocenters. The van der Waals surface area contributed by atoms with Crippen LogP contribution in [0.25, 0.3) is 0 Å². The van der Waals surface area contributed by atoms with Crippen molar-refractivity contribution in [2.45, 2.75) is 6.10 Å². The quantitative estimate of drug-likeness (QED) is 0.490. The molecule has 3 rings (SSSR count). The molecule has 9 heteroatoms. The van der Waals surface area contributed by atoms with Crippen molar-refractivity contribution in [3.8, 4) is 0 Å². The van der Waals surface area contributed by atoms with E-state index in [4.69, 9.17) is 22.2 Å². The average molecular weight is 329 g/mol. The molecule has 0 saturated carbocycles. The maximum atomic E-state index is 11.3. The van der Waals surface area contributed by atoms with E-state index in [1.54, 1.807) is 30.3 Å². The van der Waals surface area contributed by atoms with Crippen LogP contribution in [-0.2, 0) is 4.74 Å². The lowest BCUT2D eigenvalue weighted by Crippen LogP contribution is -2.41. The lowest BCUT2D eigenvalue weighted by Gasteiger charge is -2.34. The molecule has 126 valence electrons. The zero-order valence-corrected chi connectivity index (χ0v) is 13.0. The van der Waals surface area contributed by atoms with E-state index < -0.39 is 5.91 Å². The third-order valence-electron chi connectivity index (χ3n) is 3.89. The highest BCUT2D eigenvalue weighted by Gasteiger charge is 2.23. The number of rotatable bonds is 3. The van der Waals surface area contributed by atoms with E-state index in [1.165, 1.54) is 0 Å². The molecular weight excluding hydrogens is 310 g/mol. The van der Waals surface area contributed by atoms with Crippen LogP contribution in [0, 0.1) is 0 Å². The predicted octanol–water partition coefficient (Wildman–Crippen LogP) is -0.952. The van der Waals surface area contributed by atoms with Crippen LogP contribution in [0.15, 0.2) is 41.5 Å². The van der Waals surface area contributed by atoms with Crippen molar-refractivity contribution >= 4 is 11.7 Å². The molecule has 1 saturated heterocycles. The van der Waals surface area contributed by atoms with Crippen LogP contribution in [0.2, 0.25) is 0 Å². The Hall–Kier alpha value is -3.07. The van der Waals surface area contributed by atoms with E-state index in [-0.39, 0.29) is 6.10 Å². The number of primary amides is 1. The highest BCUT2D eigenvalue weighted by molar-refractivity contribution is 5.92. The zero-order chi connectivity index (χ0) is 17.1. The number of hydrogen-bond acceptors (Lipinski definition) is 7. The van der Waals surface area contributed by atoms with Crippen molar-refractivity contribution < 1.29 is 9.53 Å². The molecule has 24 heavy (non-hydrogen) atoms. The Morgan fingerprint density at radius 2 is 2.17 bits per heavy atom. The second kappa shape index (κ2) is 6.59. The molecule has 1 amide bonds. The fraction of sp³-hybridized carbons (Fsp3) is 0.267. The van der Waals surface area contributed by atoms with Gasteiger partial charge in [-0.25, -0.2) is 0 Å². The van der Waals surface area contributed by atoms with Crippen LogP contribution in [0.1, 0.15) is 22.0 Å². The van der Waals surface area contributed by atoms with Crippen LogP contribution in [0.4, 0.5) is 5.82 Å². The SMILES string of the molecule is N/N=c1/ccc(N2CCOC(c3cccc(C(N)=O)c3)C2)nn1N. The Morgan fingerprint density at radius 3 is 2.88 bits per heavy atom. The maximum Gasteiger partial charge on any atom is 0.248 e. The number of nitrogens with two attached hydrogens (primary N) is 3. The normalized spacial score (nSPS) is 18.6. The Bertz CT molecular complexity index is 817. The summed E-state index contributed by atoms with van der Waals surface area (Å²) in [6.07, 6.45) is -0.190. The van der Waals surface area contributed by atoms with Crippen LogP contribution >= 0.6 is 0 Å². The van der Waals surface area contributed by atoms with Gasteiger partial charge in [-0.15, -0.1) is 5.10 Å². The smallest absolute Gasteiger partial charge is 0.248 e. The van der Waals surface area contributed by atoms with Gasteiger partial charge in [-0.05, 0) is 29.8 Å². The summed E-state index contributed by atoms with van der Waals surface area (Å²) >= 11 is 0. The first-order chi connectivity index (χ1) is 11.6. The van der Waals surface area contributed by atoms with Crippen LogP contribution in [-0.4, -0.2) is 35.5 Å². The van der Waals surface area contributed by atoms with Crippen LogP contribution < -0.4 is 27.8 Å². The number of morpholine rings is 1. The number of benzene rings is 1. The number of carbonyl (C=O) groups is 1. The van der Waals surface area contributed by atoms with Gasteiger partial charge in [0.15, 0.2) is 11.3 Å². The highest BCUT2D eigenvalue weighted by atomic mass is 16.5. The van der Waals surface area contributed by atoms with Gasteiger partial charge in [0, 0.05) is 18.7 Å².